The Morgan fingerprint density at radius 1 is 1.00 bits per heavy atom. The van der Waals surface area contributed by atoms with Crippen molar-refractivity contribution in [3.63, 3.8) is 0 Å². The first-order chi connectivity index (χ1) is 9.68. The number of hydrogen-bond acceptors (Lipinski definition) is 3. The van der Waals surface area contributed by atoms with Gasteiger partial charge in [-0.15, -0.1) is 0 Å². The van der Waals surface area contributed by atoms with Crippen LogP contribution in [0.1, 0.15) is 10.5 Å². The maximum Gasteiger partial charge on any atom is 0.276 e. The van der Waals surface area contributed by atoms with E-state index in [1.807, 2.05) is 36.4 Å². The molecule has 5 heteroatoms. The molecule has 4 nitrogen and oxygen atoms in total. The van der Waals surface area contributed by atoms with Gasteiger partial charge in [0.25, 0.3) is 5.24 Å². The summed E-state index contributed by atoms with van der Waals surface area (Å²) >= 11 is 5.45. The first kappa shape index (κ1) is 12.6. The Labute approximate surface area is 119 Å². The van der Waals surface area contributed by atoms with E-state index >= 15 is 0 Å². The van der Waals surface area contributed by atoms with E-state index in [-0.39, 0.29) is 5.69 Å². The van der Waals surface area contributed by atoms with Crippen LogP contribution in [0.4, 0.5) is 0 Å². The molecule has 0 saturated heterocycles. The predicted molar refractivity (Wildman–Crippen MR) is 77.5 cm³/mol. The minimum Gasteiger partial charge on any atom is -0.286 e. The molecular weight excluding hydrogens is 276 g/mol. The van der Waals surface area contributed by atoms with Gasteiger partial charge in [0.05, 0.1) is 16.6 Å². The molecule has 2 aromatic carbocycles. The third kappa shape index (κ3) is 2.00. The zero-order valence-corrected chi connectivity index (χ0v) is 11.0. The molecule has 0 aliphatic carbocycles. The van der Waals surface area contributed by atoms with E-state index in [2.05, 4.69) is 5.10 Å². The molecule has 20 heavy (non-hydrogen) atoms. The fourth-order valence-electron chi connectivity index (χ4n) is 2.07. The van der Waals surface area contributed by atoms with E-state index in [1.54, 1.807) is 22.9 Å². The first-order valence-electron chi connectivity index (χ1n) is 5.96. The van der Waals surface area contributed by atoms with Crippen molar-refractivity contribution in [2.45, 2.75) is 0 Å². The van der Waals surface area contributed by atoms with Gasteiger partial charge < -0.3 is 0 Å². The molecule has 98 valence electrons. The molecule has 3 rings (SSSR count). The highest BCUT2D eigenvalue weighted by Gasteiger charge is 2.15. The molecule has 0 unspecified atom stereocenters. The second kappa shape index (κ2) is 4.90. The van der Waals surface area contributed by atoms with E-state index in [4.69, 9.17) is 11.6 Å². The summed E-state index contributed by atoms with van der Waals surface area (Å²) < 4.78 is 1.55. The smallest absolute Gasteiger partial charge is 0.276 e. The zero-order valence-electron chi connectivity index (χ0n) is 10.3. The highest BCUT2D eigenvalue weighted by molar-refractivity contribution is 6.67. The normalized spacial score (nSPS) is 10.7. The molecule has 0 amide bonds. The average Bonchev–Trinajstić information content (AvgIpc) is 2.48. The molecule has 0 aliphatic heterocycles. The lowest BCUT2D eigenvalue weighted by Gasteiger charge is -2.10. The van der Waals surface area contributed by atoms with Gasteiger partial charge in [-0.1, -0.05) is 30.3 Å². The quantitative estimate of drug-likeness (QED) is 0.680. The van der Waals surface area contributed by atoms with Gasteiger partial charge in [0.15, 0.2) is 5.69 Å². The molecule has 0 bridgehead atoms. The molecule has 0 saturated carbocycles. The van der Waals surface area contributed by atoms with Gasteiger partial charge >= 0.3 is 0 Å². The van der Waals surface area contributed by atoms with Gasteiger partial charge in [-0.2, -0.15) is 5.10 Å². The van der Waals surface area contributed by atoms with Crippen LogP contribution in [0.3, 0.4) is 0 Å². The summed E-state index contributed by atoms with van der Waals surface area (Å²) in [4.78, 5) is 23.6. The van der Waals surface area contributed by atoms with Crippen LogP contribution in [-0.2, 0) is 0 Å². The Balaban J connectivity index is 2.46. The second-order valence-corrected chi connectivity index (χ2v) is 4.56. The van der Waals surface area contributed by atoms with E-state index < -0.39 is 10.7 Å². The third-order valence-electron chi connectivity index (χ3n) is 2.98. The fraction of sp³-hybridized carbons (Fsp3) is 0. The summed E-state index contributed by atoms with van der Waals surface area (Å²) in [5.41, 5.74) is 0.662. The summed E-state index contributed by atoms with van der Waals surface area (Å²) in [6.45, 7) is 0. The predicted octanol–water partition coefficient (Wildman–Crippen LogP) is 2.76. The summed E-state index contributed by atoms with van der Waals surface area (Å²) in [5.74, 6) is 0. The van der Waals surface area contributed by atoms with Gasteiger partial charge in [0, 0.05) is 0 Å². The van der Waals surface area contributed by atoms with Gasteiger partial charge in [-0.05, 0) is 35.9 Å². The molecule has 0 spiro atoms. The van der Waals surface area contributed by atoms with E-state index in [0.29, 0.717) is 10.9 Å². The van der Waals surface area contributed by atoms with Gasteiger partial charge in [0.1, 0.15) is 0 Å². The lowest BCUT2D eigenvalue weighted by Crippen LogP contribution is -2.20. The molecule has 0 atom stereocenters. The summed E-state index contributed by atoms with van der Waals surface area (Å²) in [7, 11) is 0. The van der Waals surface area contributed by atoms with Crippen LogP contribution in [0.15, 0.2) is 59.4 Å². The van der Waals surface area contributed by atoms with Crippen LogP contribution in [-0.4, -0.2) is 15.0 Å². The summed E-state index contributed by atoms with van der Waals surface area (Å²) in [6.07, 6.45) is 0. The molecule has 0 N–H and O–H groups in total. The maximum atomic E-state index is 12.2. The maximum absolute atomic E-state index is 12.2. The van der Waals surface area contributed by atoms with Crippen LogP contribution in [0.2, 0.25) is 0 Å². The largest absolute Gasteiger partial charge is 0.286 e. The first-order valence-corrected chi connectivity index (χ1v) is 6.33. The van der Waals surface area contributed by atoms with Crippen LogP contribution in [0.5, 0.6) is 0 Å². The Bertz CT molecular complexity index is 857. The standard InChI is InChI=1S/C15H9ClN2O2/c16-15(20)13-14(19)11-8-4-5-9-12(11)18(17-13)10-6-2-1-3-7-10/h1-9H. The Morgan fingerprint density at radius 2 is 1.65 bits per heavy atom. The van der Waals surface area contributed by atoms with E-state index in [9.17, 15) is 9.59 Å². The highest BCUT2D eigenvalue weighted by atomic mass is 35.5. The Hall–Kier alpha value is -2.46. The second-order valence-electron chi connectivity index (χ2n) is 4.22. The van der Waals surface area contributed by atoms with Crippen molar-refractivity contribution in [2.75, 3.05) is 0 Å². The minimum absolute atomic E-state index is 0.269. The Kier molecular flexibility index (Phi) is 3.08. The van der Waals surface area contributed by atoms with Gasteiger partial charge in [0.2, 0.25) is 5.43 Å². The summed E-state index contributed by atoms with van der Waals surface area (Å²) in [6, 6.07) is 16.2. The number of fused-ring (bicyclic) bond motifs is 1. The molecule has 0 fully saturated rings. The SMILES string of the molecule is O=C(Cl)c1nn(-c2ccccc2)c2ccccc2c1=O. The fourth-order valence-corrected chi connectivity index (χ4v) is 2.20. The lowest BCUT2D eigenvalue weighted by molar-refractivity contribution is 0.107. The van der Waals surface area contributed by atoms with Crippen LogP contribution >= 0.6 is 11.6 Å². The number of hydrogen-bond donors (Lipinski definition) is 0. The molecular formula is C15H9ClN2O2. The number of carbonyl (C=O) groups excluding carboxylic acids is 1. The third-order valence-corrected chi connectivity index (χ3v) is 3.16. The highest BCUT2D eigenvalue weighted by Crippen LogP contribution is 2.15. The molecule has 0 radical (unpaired) electrons. The number of benzene rings is 2. The number of nitrogens with zero attached hydrogens (tertiary/aromatic N) is 2. The topological polar surface area (TPSA) is 52.0 Å². The molecule has 0 aliphatic rings. The van der Waals surface area contributed by atoms with Crippen molar-refractivity contribution in [2.24, 2.45) is 0 Å². The lowest BCUT2D eigenvalue weighted by atomic mass is 10.2. The number of para-hydroxylation sites is 2. The van der Waals surface area contributed by atoms with Gasteiger partial charge in [-0.3, -0.25) is 9.59 Å². The van der Waals surface area contributed by atoms with Gasteiger partial charge in [-0.25, -0.2) is 4.68 Å². The summed E-state index contributed by atoms with van der Waals surface area (Å²) in [5, 5.41) is 3.65. The van der Waals surface area contributed by atoms with Crippen molar-refractivity contribution in [3.8, 4) is 5.69 Å². The van der Waals surface area contributed by atoms with Crippen molar-refractivity contribution >= 4 is 27.7 Å². The van der Waals surface area contributed by atoms with Crippen molar-refractivity contribution in [3.05, 3.63) is 70.5 Å². The number of carbonyl (C=O) groups is 1. The van der Waals surface area contributed by atoms with Crippen LogP contribution in [0.25, 0.3) is 16.6 Å². The van der Waals surface area contributed by atoms with E-state index in [1.165, 1.54) is 0 Å². The number of rotatable bonds is 2. The number of aromatic nitrogens is 2. The van der Waals surface area contributed by atoms with Crippen LogP contribution in [0, 0.1) is 0 Å². The monoisotopic (exact) mass is 284 g/mol. The molecule has 1 aromatic heterocycles. The zero-order chi connectivity index (χ0) is 14.1. The molecule has 3 aromatic rings. The molecule has 1 heterocycles. The van der Waals surface area contributed by atoms with Crippen LogP contribution < -0.4 is 5.43 Å². The van der Waals surface area contributed by atoms with Crippen molar-refractivity contribution < 1.29 is 4.79 Å². The average molecular weight is 285 g/mol. The number of halogens is 1. The Morgan fingerprint density at radius 3 is 2.35 bits per heavy atom. The minimum atomic E-state index is -0.856. The van der Waals surface area contributed by atoms with Crippen molar-refractivity contribution in [1.82, 2.24) is 9.78 Å². The van der Waals surface area contributed by atoms with E-state index in [0.717, 1.165) is 5.69 Å². The van der Waals surface area contributed by atoms with Crippen molar-refractivity contribution in [1.29, 1.82) is 0 Å².